The van der Waals surface area contributed by atoms with Crippen LogP contribution in [0.5, 0.6) is 11.5 Å². The number of aromatic amines is 1. The Balaban J connectivity index is 2.45. The van der Waals surface area contributed by atoms with E-state index in [-0.39, 0.29) is 17.0 Å². The van der Waals surface area contributed by atoms with E-state index in [2.05, 4.69) is 5.10 Å². The van der Waals surface area contributed by atoms with Crippen LogP contribution in [0.25, 0.3) is 11.3 Å². The molecule has 96 valence electrons. The molecule has 1 aromatic carbocycles. The lowest BCUT2D eigenvalue weighted by atomic mass is 10.1. The first-order valence-electron chi connectivity index (χ1n) is 4.92. The van der Waals surface area contributed by atoms with Crippen LogP contribution in [0, 0.1) is 0 Å². The number of ether oxygens (including phenoxy) is 1. The summed E-state index contributed by atoms with van der Waals surface area (Å²) in [6.45, 7) is 0. The first-order chi connectivity index (χ1) is 8.41. The molecule has 0 atom stereocenters. The fourth-order valence-corrected chi connectivity index (χ4v) is 1.45. The minimum absolute atomic E-state index is 0.00118. The number of H-pyrrole nitrogens is 1. The topological polar surface area (TPSA) is 58.1 Å². The van der Waals surface area contributed by atoms with Crippen LogP contribution in [-0.2, 0) is 6.18 Å². The predicted octanol–water partition coefficient (Wildman–Crippen LogP) is 2.81. The Labute approximate surface area is 100 Å². The predicted molar refractivity (Wildman–Crippen MR) is 57.2 cm³/mol. The van der Waals surface area contributed by atoms with Gasteiger partial charge in [-0.1, -0.05) is 0 Å². The van der Waals surface area contributed by atoms with E-state index in [0.717, 1.165) is 6.07 Å². The number of nitrogens with one attached hydrogen (secondary N) is 1. The Morgan fingerprint density at radius 1 is 1.28 bits per heavy atom. The van der Waals surface area contributed by atoms with Gasteiger partial charge >= 0.3 is 6.18 Å². The number of aromatic hydroxyl groups is 1. The van der Waals surface area contributed by atoms with Crippen molar-refractivity contribution in [2.24, 2.45) is 0 Å². The van der Waals surface area contributed by atoms with Gasteiger partial charge in [-0.25, -0.2) is 0 Å². The fraction of sp³-hybridized carbons (Fsp3) is 0.182. The number of methoxy groups -OCH3 is 1. The minimum atomic E-state index is -4.50. The molecular weight excluding hydrogens is 249 g/mol. The zero-order chi connectivity index (χ0) is 13.3. The number of alkyl halides is 3. The Hall–Kier alpha value is -2.18. The minimum Gasteiger partial charge on any atom is -0.507 e. The van der Waals surface area contributed by atoms with Gasteiger partial charge in [-0.3, -0.25) is 5.10 Å². The van der Waals surface area contributed by atoms with Crippen molar-refractivity contribution in [3.63, 3.8) is 0 Å². The monoisotopic (exact) mass is 258 g/mol. The highest BCUT2D eigenvalue weighted by molar-refractivity contribution is 5.68. The highest BCUT2D eigenvalue weighted by Crippen LogP contribution is 2.35. The molecule has 2 rings (SSSR count). The SMILES string of the molecule is COc1ccc(O)c(-c2cc(C(F)(F)F)[nH]n2)c1. The molecule has 0 saturated carbocycles. The van der Waals surface area contributed by atoms with Crippen molar-refractivity contribution in [2.45, 2.75) is 6.18 Å². The molecule has 4 nitrogen and oxygen atoms in total. The number of hydrogen-bond acceptors (Lipinski definition) is 3. The first kappa shape index (κ1) is 12.3. The van der Waals surface area contributed by atoms with Crippen LogP contribution in [0.4, 0.5) is 13.2 Å². The molecule has 0 unspecified atom stereocenters. The Bertz CT molecular complexity index is 564. The van der Waals surface area contributed by atoms with Crippen molar-refractivity contribution in [2.75, 3.05) is 7.11 Å². The zero-order valence-corrected chi connectivity index (χ0v) is 9.25. The van der Waals surface area contributed by atoms with Gasteiger partial charge in [0, 0.05) is 5.56 Å². The number of aromatic nitrogens is 2. The molecule has 7 heteroatoms. The van der Waals surface area contributed by atoms with Gasteiger partial charge in [0.1, 0.15) is 17.2 Å². The molecule has 1 heterocycles. The normalized spacial score (nSPS) is 11.6. The molecule has 0 aliphatic carbocycles. The van der Waals surface area contributed by atoms with Crippen LogP contribution in [0.1, 0.15) is 5.69 Å². The van der Waals surface area contributed by atoms with E-state index in [9.17, 15) is 18.3 Å². The highest BCUT2D eigenvalue weighted by atomic mass is 19.4. The maximum atomic E-state index is 12.4. The van der Waals surface area contributed by atoms with Crippen molar-refractivity contribution in [1.29, 1.82) is 0 Å². The van der Waals surface area contributed by atoms with Gasteiger partial charge in [0.05, 0.1) is 12.8 Å². The molecule has 0 amide bonds. The molecule has 0 radical (unpaired) electrons. The maximum Gasteiger partial charge on any atom is 0.432 e. The number of hydrogen-bond donors (Lipinski definition) is 2. The average molecular weight is 258 g/mol. The summed E-state index contributed by atoms with van der Waals surface area (Å²) in [7, 11) is 1.42. The third-order valence-electron chi connectivity index (χ3n) is 2.36. The van der Waals surface area contributed by atoms with Crippen molar-refractivity contribution < 1.29 is 23.0 Å². The summed E-state index contributed by atoms with van der Waals surface area (Å²) in [5.74, 6) is 0.246. The van der Waals surface area contributed by atoms with E-state index in [1.165, 1.54) is 25.3 Å². The summed E-state index contributed by atoms with van der Waals surface area (Å²) >= 11 is 0. The van der Waals surface area contributed by atoms with Gasteiger partial charge in [-0.2, -0.15) is 18.3 Å². The van der Waals surface area contributed by atoms with E-state index in [4.69, 9.17) is 4.74 Å². The van der Waals surface area contributed by atoms with Crippen molar-refractivity contribution in [3.8, 4) is 22.8 Å². The molecule has 1 aromatic heterocycles. The van der Waals surface area contributed by atoms with Crippen LogP contribution >= 0.6 is 0 Å². The molecule has 0 fully saturated rings. The van der Waals surface area contributed by atoms with Crippen molar-refractivity contribution in [1.82, 2.24) is 10.2 Å². The van der Waals surface area contributed by atoms with Crippen LogP contribution in [-0.4, -0.2) is 22.4 Å². The molecule has 0 aliphatic rings. The first-order valence-corrected chi connectivity index (χ1v) is 4.92. The van der Waals surface area contributed by atoms with E-state index in [0.29, 0.717) is 5.75 Å². The van der Waals surface area contributed by atoms with E-state index in [1.807, 2.05) is 5.10 Å². The van der Waals surface area contributed by atoms with Crippen LogP contribution in [0.3, 0.4) is 0 Å². The van der Waals surface area contributed by atoms with Gasteiger partial charge < -0.3 is 9.84 Å². The summed E-state index contributed by atoms with van der Waals surface area (Å²) in [5.41, 5.74) is -0.806. The molecule has 0 bridgehead atoms. The quantitative estimate of drug-likeness (QED) is 0.870. The summed E-state index contributed by atoms with van der Waals surface area (Å²) in [5, 5.41) is 15.0. The molecule has 18 heavy (non-hydrogen) atoms. The molecule has 2 aromatic rings. The third-order valence-corrected chi connectivity index (χ3v) is 2.36. The van der Waals surface area contributed by atoms with Gasteiger partial charge in [-0.15, -0.1) is 0 Å². The lowest BCUT2D eigenvalue weighted by Gasteiger charge is -2.04. The van der Waals surface area contributed by atoms with Gasteiger partial charge in [0.15, 0.2) is 0 Å². The average Bonchev–Trinajstić information content (AvgIpc) is 2.78. The summed E-state index contributed by atoms with van der Waals surface area (Å²) in [6, 6.07) is 5.06. The fourth-order valence-electron chi connectivity index (χ4n) is 1.45. The van der Waals surface area contributed by atoms with Gasteiger partial charge in [0.2, 0.25) is 0 Å². The molecule has 0 saturated heterocycles. The Kier molecular flexibility index (Phi) is 2.90. The smallest absolute Gasteiger partial charge is 0.432 e. The highest BCUT2D eigenvalue weighted by Gasteiger charge is 2.33. The Morgan fingerprint density at radius 3 is 2.56 bits per heavy atom. The number of benzene rings is 1. The molecule has 2 N–H and O–H groups in total. The van der Waals surface area contributed by atoms with Crippen molar-refractivity contribution >= 4 is 0 Å². The van der Waals surface area contributed by atoms with Crippen LogP contribution in [0.15, 0.2) is 24.3 Å². The second-order valence-electron chi connectivity index (χ2n) is 3.55. The summed E-state index contributed by atoms with van der Waals surface area (Å²) < 4.78 is 42.1. The second-order valence-corrected chi connectivity index (χ2v) is 3.55. The summed E-state index contributed by atoms with van der Waals surface area (Å²) in [4.78, 5) is 0. The zero-order valence-electron chi connectivity index (χ0n) is 9.25. The van der Waals surface area contributed by atoms with Crippen LogP contribution < -0.4 is 4.74 Å². The van der Waals surface area contributed by atoms with Gasteiger partial charge in [0.25, 0.3) is 0 Å². The molecule has 0 aliphatic heterocycles. The molecular formula is C11H9F3N2O2. The van der Waals surface area contributed by atoms with Crippen molar-refractivity contribution in [3.05, 3.63) is 30.0 Å². The number of phenols is 1. The number of phenolic OH excluding ortho intramolecular Hbond substituents is 1. The lowest BCUT2D eigenvalue weighted by molar-refractivity contribution is -0.141. The standard InChI is InChI=1S/C11H9F3N2O2/c1-18-6-2-3-9(17)7(4-6)8-5-10(16-15-8)11(12,13)14/h2-5,17H,1H3,(H,15,16). The third kappa shape index (κ3) is 2.24. The Morgan fingerprint density at radius 2 is 2.00 bits per heavy atom. The largest absolute Gasteiger partial charge is 0.507 e. The lowest BCUT2D eigenvalue weighted by Crippen LogP contribution is -2.04. The number of nitrogens with zero attached hydrogens (tertiary/aromatic N) is 1. The second kappa shape index (κ2) is 4.25. The van der Waals surface area contributed by atoms with E-state index >= 15 is 0 Å². The number of rotatable bonds is 2. The van der Waals surface area contributed by atoms with E-state index in [1.54, 1.807) is 0 Å². The summed E-state index contributed by atoms with van der Waals surface area (Å²) in [6.07, 6.45) is -4.50. The maximum absolute atomic E-state index is 12.4. The van der Waals surface area contributed by atoms with Crippen LogP contribution in [0.2, 0.25) is 0 Å². The molecule has 0 spiro atoms. The number of halogens is 3. The van der Waals surface area contributed by atoms with E-state index < -0.39 is 11.9 Å². The van der Waals surface area contributed by atoms with Gasteiger partial charge in [-0.05, 0) is 24.3 Å².